The second kappa shape index (κ2) is 4.82. The molecule has 0 fully saturated rings. The summed E-state index contributed by atoms with van der Waals surface area (Å²) >= 11 is 0. The first kappa shape index (κ1) is 11.6. The summed E-state index contributed by atoms with van der Waals surface area (Å²) in [5.74, 6) is 0. The van der Waals surface area contributed by atoms with Crippen molar-refractivity contribution in [1.29, 1.82) is 0 Å². The van der Waals surface area contributed by atoms with Gasteiger partial charge in [-0.15, -0.1) is 12.4 Å². The topological polar surface area (TPSA) is 61.2 Å². The maximum atomic E-state index is 11.6. The normalized spacial score (nSPS) is 9.67. The van der Waals surface area contributed by atoms with Crippen LogP contribution in [0.25, 0.3) is 5.69 Å². The minimum atomic E-state index is -0.102. The number of halogens is 1. The third kappa shape index (κ3) is 2.29. The molecule has 0 aliphatic heterocycles. The van der Waals surface area contributed by atoms with Gasteiger partial charge in [0.05, 0.1) is 12.0 Å². The molecule has 0 aromatic carbocycles. The van der Waals surface area contributed by atoms with Crippen LogP contribution in [0.3, 0.4) is 0 Å². The Balaban J connectivity index is 0.00000112. The predicted octanol–water partition coefficient (Wildman–Crippen LogP) is 1.31. The zero-order valence-corrected chi connectivity index (χ0v) is 8.74. The fraction of sp³-hybridized carbons (Fsp3) is 0.100. The van der Waals surface area contributed by atoms with E-state index >= 15 is 0 Å². The second-order valence-electron chi connectivity index (χ2n) is 2.93. The molecule has 2 heterocycles. The van der Waals surface area contributed by atoms with Crippen LogP contribution in [-0.4, -0.2) is 4.57 Å². The van der Waals surface area contributed by atoms with Gasteiger partial charge in [0.2, 0.25) is 0 Å². The Labute approximate surface area is 92.7 Å². The number of nitrogens with zero attached hydrogens (tertiary/aromatic N) is 1. The lowest BCUT2D eigenvalue weighted by molar-refractivity contribution is 0.565. The van der Waals surface area contributed by atoms with E-state index in [2.05, 4.69) is 0 Å². The molecule has 0 saturated heterocycles. The lowest BCUT2D eigenvalue weighted by Gasteiger charge is -2.02. The molecule has 0 aliphatic rings. The van der Waals surface area contributed by atoms with Crippen molar-refractivity contribution >= 4 is 12.4 Å². The monoisotopic (exact) mass is 226 g/mol. The van der Waals surface area contributed by atoms with Crippen molar-refractivity contribution < 1.29 is 4.42 Å². The highest BCUT2D eigenvalue weighted by atomic mass is 35.5. The van der Waals surface area contributed by atoms with Crippen molar-refractivity contribution in [1.82, 2.24) is 4.57 Å². The Hall–Kier alpha value is -1.52. The van der Waals surface area contributed by atoms with Crippen LogP contribution in [0.4, 0.5) is 0 Å². The van der Waals surface area contributed by atoms with E-state index in [1.165, 1.54) is 23.2 Å². The summed E-state index contributed by atoms with van der Waals surface area (Å²) in [6, 6.07) is 5.06. The van der Waals surface area contributed by atoms with Gasteiger partial charge in [0.1, 0.15) is 6.26 Å². The third-order valence-corrected chi connectivity index (χ3v) is 2.00. The average Bonchev–Trinajstić information content (AvgIpc) is 2.70. The van der Waals surface area contributed by atoms with Crippen LogP contribution in [0.2, 0.25) is 0 Å². The Morgan fingerprint density at radius 3 is 2.73 bits per heavy atom. The molecule has 0 bridgehead atoms. The van der Waals surface area contributed by atoms with Crippen LogP contribution in [0, 0.1) is 0 Å². The molecule has 2 N–H and O–H groups in total. The highest BCUT2D eigenvalue weighted by molar-refractivity contribution is 5.85. The zero-order chi connectivity index (χ0) is 9.97. The summed E-state index contributed by atoms with van der Waals surface area (Å²) in [6.07, 6.45) is 4.73. The van der Waals surface area contributed by atoms with Crippen LogP contribution in [-0.2, 0) is 6.54 Å². The molecule has 2 rings (SSSR count). The number of hydrogen-bond acceptors (Lipinski definition) is 3. The van der Waals surface area contributed by atoms with E-state index in [1.807, 2.05) is 6.07 Å². The Kier molecular flexibility index (Phi) is 3.71. The van der Waals surface area contributed by atoms with Gasteiger partial charge >= 0.3 is 0 Å². The van der Waals surface area contributed by atoms with E-state index in [9.17, 15) is 4.79 Å². The molecular weight excluding hydrogens is 216 g/mol. The molecule has 0 radical (unpaired) electrons. The number of furan rings is 1. The average molecular weight is 227 g/mol. The molecule has 5 heteroatoms. The van der Waals surface area contributed by atoms with Gasteiger partial charge in [-0.1, -0.05) is 0 Å². The van der Waals surface area contributed by atoms with Crippen molar-refractivity contribution in [3.63, 3.8) is 0 Å². The fourth-order valence-corrected chi connectivity index (χ4v) is 1.25. The summed E-state index contributed by atoms with van der Waals surface area (Å²) in [5, 5.41) is 0. The Morgan fingerprint density at radius 2 is 2.20 bits per heavy atom. The Morgan fingerprint density at radius 1 is 1.40 bits per heavy atom. The van der Waals surface area contributed by atoms with Crippen molar-refractivity contribution in [3.05, 3.63) is 52.8 Å². The van der Waals surface area contributed by atoms with Gasteiger partial charge in [-0.2, -0.15) is 0 Å². The molecule has 0 aliphatic carbocycles. The summed E-state index contributed by atoms with van der Waals surface area (Å²) < 4.78 is 6.40. The van der Waals surface area contributed by atoms with Gasteiger partial charge in [0.15, 0.2) is 0 Å². The first-order valence-electron chi connectivity index (χ1n) is 4.25. The van der Waals surface area contributed by atoms with Gasteiger partial charge in [-0.25, -0.2) is 0 Å². The van der Waals surface area contributed by atoms with E-state index < -0.39 is 0 Å². The highest BCUT2D eigenvalue weighted by Crippen LogP contribution is 2.05. The molecule has 0 unspecified atom stereocenters. The fourth-order valence-electron chi connectivity index (χ4n) is 1.25. The SMILES string of the molecule is Cl.NCc1ccn(-c2ccoc2)c(=O)c1. The molecule has 80 valence electrons. The van der Waals surface area contributed by atoms with E-state index in [1.54, 1.807) is 12.3 Å². The Bertz CT molecular complexity index is 476. The molecule has 4 nitrogen and oxygen atoms in total. The molecule has 2 aromatic heterocycles. The molecule has 2 aromatic rings. The number of nitrogens with two attached hydrogens (primary N) is 1. The maximum absolute atomic E-state index is 11.6. The lowest BCUT2D eigenvalue weighted by atomic mass is 10.2. The second-order valence-corrected chi connectivity index (χ2v) is 2.93. The van der Waals surface area contributed by atoms with Gasteiger partial charge in [0.25, 0.3) is 5.56 Å². The van der Waals surface area contributed by atoms with Crippen molar-refractivity contribution in [2.75, 3.05) is 0 Å². The molecule has 0 spiro atoms. The van der Waals surface area contributed by atoms with Gasteiger partial charge in [-0.05, 0) is 11.6 Å². The van der Waals surface area contributed by atoms with Crippen LogP contribution >= 0.6 is 12.4 Å². The number of rotatable bonds is 2. The molecule has 0 atom stereocenters. The summed E-state index contributed by atoms with van der Waals surface area (Å²) in [6.45, 7) is 0.376. The molecule has 0 saturated carbocycles. The first-order valence-corrected chi connectivity index (χ1v) is 4.25. The lowest BCUT2D eigenvalue weighted by Crippen LogP contribution is -2.17. The van der Waals surface area contributed by atoms with Crippen LogP contribution in [0.1, 0.15) is 5.56 Å². The summed E-state index contributed by atoms with van der Waals surface area (Å²) in [7, 11) is 0. The predicted molar refractivity (Wildman–Crippen MR) is 59.4 cm³/mol. The molecule has 0 amide bonds. The number of pyridine rings is 1. The largest absolute Gasteiger partial charge is 0.470 e. The van der Waals surface area contributed by atoms with Crippen LogP contribution in [0.15, 0.2) is 46.1 Å². The molecule has 15 heavy (non-hydrogen) atoms. The van der Waals surface area contributed by atoms with Crippen LogP contribution in [0.5, 0.6) is 0 Å². The number of aromatic nitrogens is 1. The minimum Gasteiger partial charge on any atom is -0.470 e. The van der Waals surface area contributed by atoms with Crippen molar-refractivity contribution in [2.24, 2.45) is 5.73 Å². The minimum absolute atomic E-state index is 0. The van der Waals surface area contributed by atoms with E-state index in [4.69, 9.17) is 10.2 Å². The van der Waals surface area contributed by atoms with Gasteiger partial charge in [-0.3, -0.25) is 9.36 Å². The van der Waals surface area contributed by atoms with Gasteiger partial charge < -0.3 is 10.2 Å². The van der Waals surface area contributed by atoms with E-state index in [0.29, 0.717) is 6.54 Å². The van der Waals surface area contributed by atoms with Crippen molar-refractivity contribution in [2.45, 2.75) is 6.54 Å². The third-order valence-electron chi connectivity index (χ3n) is 2.00. The van der Waals surface area contributed by atoms with Crippen LogP contribution < -0.4 is 11.3 Å². The van der Waals surface area contributed by atoms with E-state index in [-0.39, 0.29) is 18.0 Å². The number of hydrogen-bond donors (Lipinski definition) is 1. The summed E-state index contributed by atoms with van der Waals surface area (Å²) in [4.78, 5) is 11.6. The van der Waals surface area contributed by atoms with Crippen molar-refractivity contribution in [3.8, 4) is 5.69 Å². The summed E-state index contributed by atoms with van der Waals surface area (Å²) in [5.41, 5.74) is 6.87. The molecular formula is C10H11ClN2O2. The zero-order valence-electron chi connectivity index (χ0n) is 7.92. The van der Waals surface area contributed by atoms with E-state index in [0.717, 1.165) is 11.3 Å². The maximum Gasteiger partial charge on any atom is 0.255 e. The highest BCUT2D eigenvalue weighted by Gasteiger charge is 2.00. The standard InChI is InChI=1S/C10H10N2O2.ClH/c11-6-8-1-3-12(10(13)5-8)9-2-4-14-7-9;/h1-5,7H,6,11H2;1H. The quantitative estimate of drug-likeness (QED) is 0.840. The van der Waals surface area contributed by atoms with Gasteiger partial charge in [0, 0.05) is 24.9 Å². The smallest absolute Gasteiger partial charge is 0.255 e. The first-order chi connectivity index (χ1) is 6.81.